The third-order valence-electron chi connectivity index (χ3n) is 2.17. The highest BCUT2D eigenvalue weighted by molar-refractivity contribution is 6.45. The Kier molecular flexibility index (Phi) is 5.86. The van der Waals surface area contributed by atoms with Gasteiger partial charge in [-0.2, -0.15) is 0 Å². The first-order valence-electron chi connectivity index (χ1n) is 5.50. The summed E-state index contributed by atoms with van der Waals surface area (Å²) >= 11 is 11.9. The minimum absolute atomic E-state index is 0.0265. The largest absolute Gasteiger partial charge is 0.480 e. The second-order valence-electron chi connectivity index (χ2n) is 3.60. The van der Waals surface area contributed by atoms with Gasteiger partial charge in [0.15, 0.2) is 12.4 Å². The van der Waals surface area contributed by atoms with Crippen LogP contribution < -0.4 is 4.74 Å². The number of hydrogen-bond acceptors (Lipinski definition) is 3. The zero-order valence-electron chi connectivity index (χ0n) is 10.2. The lowest BCUT2D eigenvalue weighted by molar-refractivity contribution is -0.139. The van der Waals surface area contributed by atoms with Gasteiger partial charge in [0.25, 0.3) is 0 Å². The van der Waals surface area contributed by atoms with E-state index < -0.39 is 12.6 Å². The molecule has 1 aromatic rings. The molecule has 102 valence electrons. The van der Waals surface area contributed by atoms with E-state index in [0.29, 0.717) is 0 Å². The van der Waals surface area contributed by atoms with Crippen LogP contribution in [0.1, 0.15) is 23.7 Å². The predicted molar refractivity (Wildman–Crippen MR) is 73.4 cm³/mol. The first-order chi connectivity index (χ1) is 8.97. The lowest BCUT2D eigenvalue weighted by Crippen LogP contribution is -2.10. The van der Waals surface area contributed by atoms with Crippen LogP contribution in [0.5, 0.6) is 5.75 Å². The van der Waals surface area contributed by atoms with E-state index in [9.17, 15) is 9.59 Å². The van der Waals surface area contributed by atoms with Gasteiger partial charge >= 0.3 is 5.97 Å². The molecule has 4 nitrogen and oxygen atoms in total. The Morgan fingerprint density at radius 2 is 2.00 bits per heavy atom. The molecule has 0 fully saturated rings. The van der Waals surface area contributed by atoms with Crippen molar-refractivity contribution in [1.29, 1.82) is 0 Å². The molecule has 0 saturated carbocycles. The van der Waals surface area contributed by atoms with E-state index in [-0.39, 0.29) is 27.1 Å². The molecule has 0 radical (unpaired) electrons. The van der Waals surface area contributed by atoms with E-state index in [2.05, 4.69) is 0 Å². The first-order valence-corrected chi connectivity index (χ1v) is 6.26. The van der Waals surface area contributed by atoms with Gasteiger partial charge in [0.05, 0.1) is 5.02 Å². The molecule has 0 aliphatic rings. The van der Waals surface area contributed by atoms with Crippen LogP contribution >= 0.6 is 23.2 Å². The second kappa shape index (κ2) is 7.16. The summed E-state index contributed by atoms with van der Waals surface area (Å²) in [6.07, 6.45) is 3.85. The number of halogens is 2. The summed E-state index contributed by atoms with van der Waals surface area (Å²) in [6.45, 7) is 1.38. The Labute approximate surface area is 120 Å². The molecule has 0 aliphatic carbocycles. The van der Waals surface area contributed by atoms with Crippen LogP contribution in [0.3, 0.4) is 0 Å². The number of carboxylic acid groups (broad SMARTS) is 1. The maximum absolute atomic E-state index is 11.8. The number of carboxylic acids is 1. The molecular weight excluding hydrogens is 291 g/mol. The Morgan fingerprint density at radius 1 is 1.32 bits per heavy atom. The van der Waals surface area contributed by atoms with Gasteiger partial charge in [-0.05, 0) is 24.6 Å². The fourth-order valence-corrected chi connectivity index (χ4v) is 1.76. The number of rotatable bonds is 6. The lowest BCUT2D eigenvalue weighted by atomic mass is 10.1. The van der Waals surface area contributed by atoms with Crippen LogP contribution in [-0.2, 0) is 4.79 Å². The zero-order chi connectivity index (χ0) is 14.4. The summed E-state index contributed by atoms with van der Waals surface area (Å²) in [4.78, 5) is 22.2. The highest BCUT2D eigenvalue weighted by atomic mass is 35.5. The van der Waals surface area contributed by atoms with Gasteiger partial charge < -0.3 is 9.84 Å². The number of allylic oxidation sites excluding steroid dienone is 2. The van der Waals surface area contributed by atoms with Gasteiger partial charge in [0, 0.05) is 5.56 Å². The topological polar surface area (TPSA) is 63.6 Å². The molecule has 0 aliphatic heterocycles. The van der Waals surface area contributed by atoms with Crippen LogP contribution in [0.25, 0.3) is 0 Å². The van der Waals surface area contributed by atoms with E-state index in [4.69, 9.17) is 33.0 Å². The fraction of sp³-hybridized carbons (Fsp3) is 0.231. The molecule has 0 amide bonds. The summed E-state index contributed by atoms with van der Waals surface area (Å²) in [5.74, 6) is -1.26. The van der Waals surface area contributed by atoms with Crippen LogP contribution in [0, 0.1) is 0 Å². The molecular formula is C13H12Cl2O4. The molecule has 0 aromatic heterocycles. The summed E-state index contributed by atoms with van der Waals surface area (Å²) in [6, 6.07) is 2.87. The Bertz CT molecular complexity index is 524. The molecule has 1 aromatic carbocycles. The molecule has 6 heteroatoms. The van der Waals surface area contributed by atoms with Gasteiger partial charge in [-0.15, -0.1) is 0 Å². The number of hydrogen-bond donors (Lipinski definition) is 1. The molecule has 0 heterocycles. The van der Waals surface area contributed by atoms with Gasteiger partial charge in [-0.3, -0.25) is 4.79 Å². The summed E-state index contributed by atoms with van der Waals surface area (Å²) in [7, 11) is 0. The van der Waals surface area contributed by atoms with Crippen molar-refractivity contribution in [2.45, 2.75) is 13.3 Å². The maximum atomic E-state index is 11.8. The first kappa shape index (κ1) is 15.5. The van der Waals surface area contributed by atoms with Gasteiger partial charge in [0.2, 0.25) is 0 Å². The summed E-state index contributed by atoms with van der Waals surface area (Å²) in [5.41, 5.74) is 0.249. The standard InChI is InChI=1S/C13H12Cl2O4/c1-2-3-4-9(16)8-5-6-10(13(15)12(8)14)19-7-11(17)18/h3-6H,2,7H2,1H3,(H,17,18). The smallest absolute Gasteiger partial charge is 0.341 e. The van der Waals surface area contributed by atoms with Crippen molar-refractivity contribution in [2.24, 2.45) is 0 Å². The van der Waals surface area contributed by atoms with Gasteiger partial charge in [-0.1, -0.05) is 36.2 Å². The number of ether oxygens (including phenoxy) is 1. The number of benzene rings is 1. The van der Waals surface area contributed by atoms with Gasteiger partial charge in [0.1, 0.15) is 10.8 Å². The average molecular weight is 303 g/mol. The third-order valence-corrected chi connectivity index (χ3v) is 3.03. The summed E-state index contributed by atoms with van der Waals surface area (Å²) < 4.78 is 4.95. The monoisotopic (exact) mass is 302 g/mol. The Morgan fingerprint density at radius 3 is 2.58 bits per heavy atom. The molecule has 0 spiro atoms. The van der Waals surface area contributed by atoms with Crippen LogP contribution in [0.2, 0.25) is 10.0 Å². The number of aliphatic carboxylic acids is 1. The fourth-order valence-electron chi connectivity index (χ4n) is 1.29. The SMILES string of the molecule is CCC=CC(=O)c1ccc(OCC(=O)O)c(Cl)c1Cl. The van der Waals surface area contributed by atoms with E-state index in [1.807, 2.05) is 6.92 Å². The molecule has 0 bridgehead atoms. The maximum Gasteiger partial charge on any atom is 0.341 e. The molecule has 0 atom stereocenters. The van der Waals surface area contributed by atoms with Crippen molar-refractivity contribution in [1.82, 2.24) is 0 Å². The second-order valence-corrected chi connectivity index (χ2v) is 4.35. The van der Waals surface area contributed by atoms with E-state index in [1.165, 1.54) is 18.2 Å². The molecule has 0 unspecified atom stereocenters. The van der Waals surface area contributed by atoms with Crippen molar-refractivity contribution < 1.29 is 19.4 Å². The molecule has 19 heavy (non-hydrogen) atoms. The number of carbonyl (C=O) groups excluding carboxylic acids is 1. The quantitative estimate of drug-likeness (QED) is 0.644. The van der Waals surface area contributed by atoms with Crippen LogP contribution in [-0.4, -0.2) is 23.5 Å². The minimum Gasteiger partial charge on any atom is -0.480 e. The van der Waals surface area contributed by atoms with E-state index in [0.717, 1.165) is 6.42 Å². The molecule has 0 saturated heterocycles. The highest BCUT2D eigenvalue weighted by Crippen LogP contribution is 2.35. The highest BCUT2D eigenvalue weighted by Gasteiger charge is 2.15. The van der Waals surface area contributed by atoms with Gasteiger partial charge in [-0.25, -0.2) is 4.79 Å². The molecule has 1 rings (SSSR count). The lowest BCUT2D eigenvalue weighted by Gasteiger charge is -2.09. The van der Waals surface area contributed by atoms with Crippen molar-refractivity contribution in [3.8, 4) is 5.75 Å². The predicted octanol–water partition coefficient (Wildman–Crippen LogP) is 3.61. The molecule has 1 N–H and O–H groups in total. The van der Waals surface area contributed by atoms with E-state index >= 15 is 0 Å². The Hall–Kier alpha value is -1.52. The Balaban J connectivity index is 3.00. The number of carbonyl (C=O) groups is 2. The average Bonchev–Trinajstić information content (AvgIpc) is 2.37. The normalized spacial score (nSPS) is 10.7. The third kappa shape index (κ3) is 4.26. The van der Waals surface area contributed by atoms with Crippen molar-refractivity contribution in [3.63, 3.8) is 0 Å². The van der Waals surface area contributed by atoms with E-state index in [1.54, 1.807) is 6.08 Å². The summed E-state index contributed by atoms with van der Waals surface area (Å²) in [5, 5.41) is 8.59. The van der Waals surface area contributed by atoms with Crippen molar-refractivity contribution in [2.75, 3.05) is 6.61 Å². The van der Waals surface area contributed by atoms with Crippen LogP contribution in [0.15, 0.2) is 24.3 Å². The number of ketones is 1. The van der Waals surface area contributed by atoms with Crippen molar-refractivity contribution >= 4 is 35.0 Å². The minimum atomic E-state index is -1.13. The van der Waals surface area contributed by atoms with Crippen LogP contribution in [0.4, 0.5) is 0 Å². The van der Waals surface area contributed by atoms with Crippen molar-refractivity contribution in [3.05, 3.63) is 39.9 Å². The zero-order valence-corrected chi connectivity index (χ0v) is 11.7.